The summed E-state index contributed by atoms with van der Waals surface area (Å²) < 4.78 is 1.75. The Balaban J connectivity index is 1.31. The van der Waals surface area contributed by atoms with Crippen LogP contribution in [0.3, 0.4) is 0 Å². The highest BCUT2D eigenvalue weighted by molar-refractivity contribution is 5.95. The average Bonchev–Trinajstić information content (AvgIpc) is 3.26. The lowest BCUT2D eigenvalue weighted by molar-refractivity contribution is 0.0946. The Kier molecular flexibility index (Phi) is 6.51. The van der Waals surface area contributed by atoms with Crippen molar-refractivity contribution in [3.05, 3.63) is 60.3 Å². The first-order valence-corrected chi connectivity index (χ1v) is 10.7. The summed E-state index contributed by atoms with van der Waals surface area (Å²) >= 11 is 0. The summed E-state index contributed by atoms with van der Waals surface area (Å²) in [5.74, 6) is 1.54. The van der Waals surface area contributed by atoms with Gasteiger partial charge in [0.15, 0.2) is 5.82 Å². The predicted molar refractivity (Wildman–Crippen MR) is 118 cm³/mol. The zero-order valence-corrected chi connectivity index (χ0v) is 18.0. The fraction of sp³-hybridized carbons (Fsp3) is 0.409. The molecule has 0 radical (unpaired) electrons. The van der Waals surface area contributed by atoms with Gasteiger partial charge in [0.2, 0.25) is 5.95 Å². The van der Waals surface area contributed by atoms with Crippen molar-refractivity contribution >= 4 is 11.9 Å². The zero-order chi connectivity index (χ0) is 21.6. The molecule has 31 heavy (non-hydrogen) atoms. The molecule has 1 N–H and O–H groups in total. The summed E-state index contributed by atoms with van der Waals surface area (Å²) in [4.78, 5) is 30.4. The number of aromatic nitrogens is 5. The van der Waals surface area contributed by atoms with Crippen LogP contribution in [0.25, 0.3) is 5.82 Å². The van der Waals surface area contributed by atoms with Crippen LogP contribution in [-0.2, 0) is 0 Å². The van der Waals surface area contributed by atoms with Gasteiger partial charge in [0.25, 0.3) is 5.91 Å². The smallest absolute Gasteiger partial charge is 0.254 e. The first kappa shape index (κ1) is 20.9. The Hall–Kier alpha value is -3.33. The maximum Gasteiger partial charge on any atom is 0.254 e. The number of rotatable bonds is 7. The molecule has 0 aliphatic carbocycles. The van der Waals surface area contributed by atoms with Gasteiger partial charge in [0.1, 0.15) is 0 Å². The Labute approximate surface area is 182 Å². The van der Waals surface area contributed by atoms with E-state index in [1.54, 1.807) is 29.5 Å². The molecular weight excluding hydrogens is 392 g/mol. The van der Waals surface area contributed by atoms with E-state index in [-0.39, 0.29) is 11.8 Å². The fourth-order valence-corrected chi connectivity index (χ4v) is 3.80. The minimum Gasteiger partial charge on any atom is -0.351 e. The molecule has 0 unspecified atom stereocenters. The summed E-state index contributed by atoms with van der Waals surface area (Å²) in [6.07, 6.45) is 6.90. The molecule has 4 heterocycles. The van der Waals surface area contributed by atoms with Crippen LogP contribution in [-0.4, -0.2) is 74.8 Å². The van der Waals surface area contributed by atoms with E-state index in [9.17, 15) is 4.79 Å². The SMILES string of the molecule is CC(C)c1c(C(=O)NCCN2CCN(c3ncccn3)CC2)cnn1-c1ccccn1. The van der Waals surface area contributed by atoms with Gasteiger partial charge >= 0.3 is 0 Å². The second-order valence-corrected chi connectivity index (χ2v) is 7.83. The second kappa shape index (κ2) is 9.65. The van der Waals surface area contributed by atoms with Gasteiger partial charge in [-0.25, -0.2) is 19.6 Å². The van der Waals surface area contributed by atoms with Crippen molar-refractivity contribution in [3.8, 4) is 5.82 Å². The van der Waals surface area contributed by atoms with E-state index in [0.717, 1.165) is 44.4 Å². The normalized spacial score (nSPS) is 14.7. The average molecular weight is 421 g/mol. The summed E-state index contributed by atoms with van der Waals surface area (Å²) in [6, 6.07) is 7.49. The number of anilines is 1. The maximum atomic E-state index is 12.9. The first-order chi connectivity index (χ1) is 15.1. The van der Waals surface area contributed by atoms with Crippen LogP contribution < -0.4 is 10.2 Å². The number of amides is 1. The highest BCUT2D eigenvalue weighted by Crippen LogP contribution is 2.22. The van der Waals surface area contributed by atoms with Crippen LogP contribution in [0.5, 0.6) is 0 Å². The number of nitrogens with one attached hydrogen (secondary N) is 1. The van der Waals surface area contributed by atoms with Gasteiger partial charge in [-0.05, 0) is 24.1 Å². The van der Waals surface area contributed by atoms with Crippen LogP contribution in [0.15, 0.2) is 49.1 Å². The maximum absolute atomic E-state index is 12.9. The molecule has 0 bridgehead atoms. The minimum atomic E-state index is -0.0952. The van der Waals surface area contributed by atoms with E-state index >= 15 is 0 Å². The van der Waals surface area contributed by atoms with E-state index in [0.29, 0.717) is 17.9 Å². The molecule has 0 saturated carbocycles. The highest BCUT2D eigenvalue weighted by atomic mass is 16.1. The molecule has 3 aromatic heterocycles. The Bertz CT molecular complexity index is 981. The Morgan fingerprint density at radius 2 is 1.77 bits per heavy atom. The molecule has 1 aliphatic rings. The molecule has 162 valence electrons. The summed E-state index contributed by atoms with van der Waals surface area (Å²) in [6.45, 7) is 9.12. The van der Waals surface area contributed by atoms with E-state index in [2.05, 4.69) is 49.0 Å². The molecule has 1 aliphatic heterocycles. The molecule has 0 aromatic carbocycles. The molecule has 0 atom stereocenters. The molecule has 3 aromatic rings. The van der Waals surface area contributed by atoms with Crippen molar-refractivity contribution in [2.75, 3.05) is 44.2 Å². The van der Waals surface area contributed by atoms with Gasteiger partial charge in [0.05, 0.1) is 17.5 Å². The molecule has 4 rings (SSSR count). The lowest BCUT2D eigenvalue weighted by Crippen LogP contribution is -2.49. The van der Waals surface area contributed by atoms with Gasteiger partial charge in [-0.15, -0.1) is 0 Å². The van der Waals surface area contributed by atoms with Crippen LogP contribution in [0.1, 0.15) is 35.8 Å². The van der Waals surface area contributed by atoms with Gasteiger partial charge in [-0.3, -0.25) is 9.69 Å². The van der Waals surface area contributed by atoms with E-state index < -0.39 is 0 Å². The van der Waals surface area contributed by atoms with Crippen LogP contribution in [0, 0.1) is 0 Å². The Morgan fingerprint density at radius 1 is 1.03 bits per heavy atom. The molecular formula is C22H28N8O. The quantitative estimate of drug-likeness (QED) is 0.622. The summed E-state index contributed by atoms with van der Waals surface area (Å²) in [5.41, 5.74) is 1.47. The number of hydrogen-bond acceptors (Lipinski definition) is 7. The van der Waals surface area contributed by atoms with Crippen molar-refractivity contribution in [2.45, 2.75) is 19.8 Å². The van der Waals surface area contributed by atoms with Crippen molar-refractivity contribution in [1.29, 1.82) is 0 Å². The summed E-state index contributed by atoms with van der Waals surface area (Å²) in [5, 5.41) is 7.49. The summed E-state index contributed by atoms with van der Waals surface area (Å²) in [7, 11) is 0. The van der Waals surface area contributed by atoms with Crippen LogP contribution >= 0.6 is 0 Å². The number of piperazine rings is 1. The standard InChI is InChI=1S/C22H28N8O/c1-17(2)20-18(16-27-30(20)19-6-3-4-7-23-19)21(31)24-10-11-28-12-14-29(15-13-28)22-25-8-5-9-26-22/h3-9,16-17H,10-15H2,1-2H3,(H,24,31). The topological polar surface area (TPSA) is 92.1 Å². The molecule has 1 amide bonds. The van der Waals surface area contributed by atoms with Crippen LogP contribution in [0.4, 0.5) is 5.95 Å². The second-order valence-electron chi connectivity index (χ2n) is 7.83. The monoisotopic (exact) mass is 420 g/mol. The lowest BCUT2D eigenvalue weighted by atomic mass is 10.1. The van der Waals surface area contributed by atoms with E-state index in [1.807, 2.05) is 24.3 Å². The van der Waals surface area contributed by atoms with Gasteiger partial charge in [-0.1, -0.05) is 19.9 Å². The van der Waals surface area contributed by atoms with Crippen molar-refractivity contribution < 1.29 is 4.79 Å². The number of pyridine rings is 1. The van der Waals surface area contributed by atoms with Gasteiger partial charge in [-0.2, -0.15) is 5.10 Å². The first-order valence-electron chi connectivity index (χ1n) is 10.7. The molecule has 1 fully saturated rings. The zero-order valence-electron chi connectivity index (χ0n) is 18.0. The minimum absolute atomic E-state index is 0.0952. The number of carbonyl (C=O) groups excluding carboxylic acids is 1. The van der Waals surface area contributed by atoms with Crippen molar-refractivity contribution in [3.63, 3.8) is 0 Å². The van der Waals surface area contributed by atoms with Crippen molar-refractivity contribution in [1.82, 2.24) is 34.9 Å². The third kappa shape index (κ3) is 4.88. The third-order valence-corrected chi connectivity index (χ3v) is 5.39. The fourth-order valence-electron chi connectivity index (χ4n) is 3.80. The highest BCUT2D eigenvalue weighted by Gasteiger charge is 2.22. The van der Waals surface area contributed by atoms with E-state index in [4.69, 9.17) is 0 Å². The van der Waals surface area contributed by atoms with Gasteiger partial charge < -0.3 is 10.2 Å². The number of nitrogens with zero attached hydrogens (tertiary/aromatic N) is 7. The van der Waals surface area contributed by atoms with E-state index in [1.165, 1.54) is 0 Å². The third-order valence-electron chi connectivity index (χ3n) is 5.39. The molecule has 1 saturated heterocycles. The Morgan fingerprint density at radius 3 is 2.45 bits per heavy atom. The lowest BCUT2D eigenvalue weighted by Gasteiger charge is -2.34. The largest absolute Gasteiger partial charge is 0.351 e. The molecule has 9 heteroatoms. The molecule has 0 spiro atoms. The van der Waals surface area contributed by atoms with Crippen LogP contribution in [0.2, 0.25) is 0 Å². The number of carbonyl (C=O) groups is 1. The predicted octanol–water partition coefficient (Wildman–Crippen LogP) is 1.73. The van der Waals surface area contributed by atoms with Gasteiger partial charge in [0, 0.05) is 57.9 Å². The number of hydrogen-bond donors (Lipinski definition) is 1. The molecule has 9 nitrogen and oxygen atoms in total. The van der Waals surface area contributed by atoms with Crippen molar-refractivity contribution in [2.24, 2.45) is 0 Å².